The molecule has 1 aliphatic heterocycles. The van der Waals surface area contributed by atoms with Gasteiger partial charge in [-0.05, 0) is 0 Å². The molecule has 0 radical (unpaired) electrons. The van der Waals surface area contributed by atoms with Crippen molar-refractivity contribution in [3.05, 3.63) is 52.9 Å². The summed E-state index contributed by atoms with van der Waals surface area (Å²) in [5.41, 5.74) is 6.67. The Morgan fingerprint density at radius 2 is 1.64 bits per heavy atom. The average molecular weight is 350 g/mol. The summed E-state index contributed by atoms with van der Waals surface area (Å²) in [5.74, 6) is 4.96. The van der Waals surface area contributed by atoms with Crippen LogP contribution in [0, 0.1) is 13.5 Å². The van der Waals surface area contributed by atoms with Crippen LogP contribution in [-0.2, 0) is 5.41 Å². The van der Waals surface area contributed by atoms with Crippen LogP contribution in [0.2, 0.25) is 11.5 Å². The van der Waals surface area contributed by atoms with Crippen LogP contribution in [0.15, 0.2) is 30.3 Å². The third-order valence-corrected chi connectivity index (χ3v) is 12.3. The normalized spacial score (nSPS) is 15.1. The van der Waals surface area contributed by atoms with Crippen molar-refractivity contribution in [3.63, 3.8) is 0 Å². The molecule has 0 bridgehead atoms. The topological polar surface area (TPSA) is 4.36 Å². The molecule has 3 rings (SSSR count). The summed E-state index contributed by atoms with van der Waals surface area (Å²) in [6.07, 6.45) is 0. The van der Waals surface area contributed by atoms with Crippen LogP contribution in [0.25, 0.3) is 16.0 Å². The molecule has 2 heteroatoms. The molecule has 0 amide bonds. The second-order valence-corrected chi connectivity index (χ2v) is 16.9. The minimum atomic E-state index is -2.35. The van der Waals surface area contributed by atoms with Gasteiger partial charge in [0.2, 0.25) is 0 Å². The summed E-state index contributed by atoms with van der Waals surface area (Å²) in [6.45, 7) is 16.5. The van der Waals surface area contributed by atoms with Gasteiger partial charge >= 0.3 is 136 Å². The van der Waals surface area contributed by atoms with Crippen molar-refractivity contribution in [1.82, 2.24) is 0 Å². The molecule has 0 saturated carbocycles. The molecule has 0 fully saturated rings. The van der Waals surface area contributed by atoms with Gasteiger partial charge in [-0.1, -0.05) is 0 Å². The molecule has 0 unspecified atom stereocenters. The fourth-order valence-corrected chi connectivity index (χ4v) is 11.9. The number of hydrogen-bond donors (Lipinski definition) is 0. The van der Waals surface area contributed by atoms with Gasteiger partial charge in [-0.3, -0.25) is 0 Å². The Balaban J connectivity index is 2.41. The zero-order valence-corrected chi connectivity index (χ0v) is 16.4. The zero-order chi connectivity index (χ0) is 16.3. The maximum atomic E-state index is 7.32. The predicted molar refractivity (Wildman–Crippen MR) is 98.3 cm³/mol. The van der Waals surface area contributed by atoms with Crippen LogP contribution in [0.4, 0.5) is 5.69 Å². The molecule has 1 aliphatic rings. The van der Waals surface area contributed by atoms with E-state index in [0.29, 0.717) is 0 Å². The first kappa shape index (κ1) is 15.4. The Hall–Kier alpha value is -1.53. The van der Waals surface area contributed by atoms with Crippen LogP contribution < -0.4 is 8.79 Å². The number of hydrogen-bond acceptors (Lipinski definition) is 0. The third-order valence-electron chi connectivity index (χ3n) is 4.88. The number of fused-ring (bicyclic) bond motifs is 3. The van der Waals surface area contributed by atoms with Crippen molar-refractivity contribution in [2.24, 2.45) is 0 Å². The van der Waals surface area contributed by atoms with Gasteiger partial charge in [0.15, 0.2) is 0 Å². The van der Waals surface area contributed by atoms with Crippen molar-refractivity contribution in [1.29, 1.82) is 0 Å². The van der Waals surface area contributed by atoms with Gasteiger partial charge in [0.1, 0.15) is 0 Å². The van der Waals surface area contributed by atoms with E-state index >= 15 is 0 Å². The maximum absolute atomic E-state index is 7.32. The Morgan fingerprint density at radius 3 is 2.23 bits per heavy atom. The van der Waals surface area contributed by atoms with Gasteiger partial charge in [-0.15, -0.1) is 0 Å². The molecule has 0 aliphatic carbocycles. The Morgan fingerprint density at radius 1 is 1.00 bits per heavy atom. The summed E-state index contributed by atoms with van der Waals surface area (Å²) in [7, 11) is 0. The standard InChI is InChI=1S/C20H23GeN/c1-13-8-10-16-15-11-9-14(22-7)12-17(15)21(5,6)19(16)18(13)20(2,3)4/h8-12H,1-6H3. The summed E-state index contributed by atoms with van der Waals surface area (Å²) < 4.78 is 3.10. The van der Waals surface area contributed by atoms with Crippen molar-refractivity contribution in [3.8, 4) is 11.1 Å². The van der Waals surface area contributed by atoms with Crippen LogP contribution in [0.1, 0.15) is 31.9 Å². The molecule has 1 nitrogen and oxygen atoms in total. The molecule has 2 aromatic carbocycles. The minimum absolute atomic E-state index is 0.155. The van der Waals surface area contributed by atoms with E-state index in [2.05, 4.69) is 68.3 Å². The molecule has 2 aromatic rings. The Labute approximate surface area is 136 Å². The monoisotopic (exact) mass is 351 g/mol. The van der Waals surface area contributed by atoms with E-state index in [9.17, 15) is 0 Å². The van der Waals surface area contributed by atoms with Crippen LogP contribution in [0.3, 0.4) is 0 Å². The average Bonchev–Trinajstić information content (AvgIpc) is 2.66. The summed E-state index contributed by atoms with van der Waals surface area (Å²) in [6, 6.07) is 10.9. The van der Waals surface area contributed by atoms with Gasteiger partial charge in [-0.2, -0.15) is 0 Å². The van der Waals surface area contributed by atoms with E-state index in [-0.39, 0.29) is 5.41 Å². The molecule has 0 saturated heterocycles. The fraction of sp³-hybridized carbons (Fsp3) is 0.350. The van der Waals surface area contributed by atoms with Crippen molar-refractivity contribution < 1.29 is 0 Å². The second kappa shape index (κ2) is 4.73. The molecule has 1 heterocycles. The van der Waals surface area contributed by atoms with E-state index < -0.39 is 13.3 Å². The molecule has 22 heavy (non-hydrogen) atoms. The van der Waals surface area contributed by atoms with Crippen molar-refractivity contribution in [2.75, 3.05) is 0 Å². The molecule has 0 atom stereocenters. The van der Waals surface area contributed by atoms with Gasteiger partial charge in [0, 0.05) is 0 Å². The van der Waals surface area contributed by atoms with E-state index in [1.165, 1.54) is 26.6 Å². The Bertz CT molecular complexity index is 817. The van der Waals surface area contributed by atoms with Gasteiger partial charge in [0.25, 0.3) is 0 Å². The molecular formula is C20H23GeN. The number of rotatable bonds is 0. The molecule has 0 spiro atoms. The Kier molecular flexibility index (Phi) is 3.31. The van der Waals surface area contributed by atoms with E-state index in [4.69, 9.17) is 6.57 Å². The number of nitrogens with zero attached hydrogens (tertiary/aromatic N) is 1. The van der Waals surface area contributed by atoms with Crippen LogP contribution in [-0.4, -0.2) is 13.3 Å². The van der Waals surface area contributed by atoms with Gasteiger partial charge < -0.3 is 0 Å². The second-order valence-electron chi connectivity index (χ2n) is 7.90. The first-order chi connectivity index (χ1) is 10.2. The number of benzene rings is 2. The molecule has 112 valence electrons. The zero-order valence-electron chi connectivity index (χ0n) is 14.3. The molecule has 0 aromatic heterocycles. The predicted octanol–water partition coefficient (Wildman–Crippen LogP) is 4.65. The van der Waals surface area contributed by atoms with Crippen molar-refractivity contribution in [2.45, 2.75) is 44.6 Å². The third kappa shape index (κ3) is 2.05. The SMILES string of the molecule is [C-]#[N+]c1ccc2[c](c1)[Ge]([CH3])([CH3])[c]1c-2ccc(C)c1C(C)(C)C. The summed E-state index contributed by atoms with van der Waals surface area (Å²) >= 11 is -2.35. The van der Waals surface area contributed by atoms with Crippen molar-refractivity contribution >= 4 is 27.7 Å². The summed E-state index contributed by atoms with van der Waals surface area (Å²) in [4.78, 5) is 3.65. The van der Waals surface area contributed by atoms with Gasteiger partial charge in [0.05, 0.1) is 0 Å². The van der Waals surface area contributed by atoms with E-state index in [1.54, 1.807) is 4.40 Å². The number of aryl methyl sites for hydroxylation is 1. The quantitative estimate of drug-likeness (QED) is 0.482. The fourth-order valence-electron chi connectivity index (χ4n) is 4.04. The van der Waals surface area contributed by atoms with E-state index in [0.717, 1.165) is 5.69 Å². The van der Waals surface area contributed by atoms with E-state index in [1.807, 2.05) is 6.07 Å². The van der Waals surface area contributed by atoms with Crippen LogP contribution in [0.5, 0.6) is 0 Å². The van der Waals surface area contributed by atoms with Gasteiger partial charge in [-0.25, -0.2) is 0 Å². The van der Waals surface area contributed by atoms with Crippen LogP contribution >= 0.6 is 0 Å². The molecular weight excluding hydrogens is 327 g/mol. The first-order valence-electron chi connectivity index (χ1n) is 7.85. The summed E-state index contributed by atoms with van der Waals surface area (Å²) in [5, 5.41) is 0. The first-order valence-corrected chi connectivity index (χ1v) is 14.1. The molecule has 0 N–H and O–H groups in total.